The monoisotopic (exact) mass is 274 g/mol. The Morgan fingerprint density at radius 2 is 1.90 bits per heavy atom. The number of nitrogens with one attached hydrogen (secondary N) is 2. The Morgan fingerprint density at radius 1 is 1.05 bits per heavy atom. The SMILES string of the molecule is Cc1ccc2cc(/C=C3\C(=O)Nc4ccccc43)[nH]c2c1. The molecule has 2 aromatic carbocycles. The van der Waals surface area contributed by atoms with Crippen LogP contribution in [0, 0.1) is 6.92 Å². The van der Waals surface area contributed by atoms with Gasteiger partial charge in [-0.05, 0) is 36.8 Å². The van der Waals surface area contributed by atoms with Crippen LogP contribution in [0.25, 0.3) is 22.6 Å². The first-order valence-electron chi connectivity index (χ1n) is 6.92. The first kappa shape index (κ1) is 12.0. The van der Waals surface area contributed by atoms with Gasteiger partial charge in [-0.1, -0.05) is 30.3 Å². The van der Waals surface area contributed by atoms with Crippen LogP contribution < -0.4 is 5.32 Å². The highest BCUT2D eigenvalue weighted by atomic mass is 16.2. The van der Waals surface area contributed by atoms with E-state index in [0.29, 0.717) is 5.57 Å². The second-order valence-corrected chi connectivity index (χ2v) is 5.37. The number of hydrogen-bond acceptors (Lipinski definition) is 1. The number of benzene rings is 2. The van der Waals surface area contributed by atoms with E-state index in [1.807, 2.05) is 30.3 Å². The van der Waals surface area contributed by atoms with Crippen molar-refractivity contribution >= 4 is 34.1 Å². The molecule has 1 aliphatic heterocycles. The van der Waals surface area contributed by atoms with E-state index in [0.717, 1.165) is 27.8 Å². The fraction of sp³-hybridized carbons (Fsp3) is 0.0556. The highest BCUT2D eigenvalue weighted by Crippen LogP contribution is 2.32. The number of carbonyl (C=O) groups is 1. The summed E-state index contributed by atoms with van der Waals surface area (Å²) in [4.78, 5) is 15.5. The van der Waals surface area contributed by atoms with Gasteiger partial charge in [-0.2, -0.15) is 0 Å². The number of rotatable bonds is 1. The standard InChI is InChI=1S/C18H14N2O/c1-11-6-7-12-9-13(19-17(12)8-11)10-15-14-4-2-3-5-16(14)20-18(15)21/h2-10,19H,1H3,(H,20,21)/b15-10-. The van der Waals surface area contributed by atoms with Crippen molar-refractivity contribution in [2.45, 2.75) is 6.92 Å². The smallest absolute Gasteiger partial charge is 0.256 e. The minimum absolute atomic E-state index is 0.0500. The number of aryl methyl sites for hydroxylation is 1. The van der Waals surface area contributed by atoms with Crippen molar-refractivity contribution in [2.24, 2.45) is 0 Å². The Bertz CT molecular complexity index is 902. The van der Waals surface area contributed by atoms with Gasteiger partial charge in [-0.3, -0.25) is 4.79 Å². The molecule has 102 valence electrons. The van der Waals surface area contributed by atoms with E-state index in [1.165, 1.54) is 5.56 Å². The molecular weight excluding hydrogens is 260 g/mol. The molecule has 0 fully saturated rings. The lowest BCUT2D eigenvalue weighted by Crippen LogP contribution is -2.03. The molecule has 1 aromatic heterocycles. The molecule has 0 radical (unpaired) electrons. The molecular formula is C18H14N2O. The summed E-state index contributed by atoms with van der Waals surface area (Å²) in [5.74, 6) is -0.0500. The molecule has 0 atom stereocenters. The molecule has 3 heteroatoms. The highest BCUT2D eigenvalue weighted by Gasteiger charge is 2.23. The quantitative estimate of drug-likeness (QED) is 0.648. The average Bonchev–Trinajstić information content (AvgIpc) is 3.00. The molecule has 0 saturated carbocycles. The van der Waals surface area contributed by atoms with E-state index in [-0.39, 0.29) is 5.91 Å². The average molecular weight is 274 g/mol. The van der Waals surface area contributed by atoms with Crippen LogP contribution in [0.5, 0.6) is 0 Å². The van der Waals surface area contributed by atoms with Crippen molar-refractivity contribution in [1.82, 2.24) is 4.98 Å². The maximum absolute atomic E-state index is 12.1. The summed E-state index contributed by atoms with van der Waals surface area (Å²) in [6.45, 7) is 2.07. The van der Waals surface area contributed by atoms with E-state index in [4.69, 9.17) is 0 Å². The van der Waals surface area contributed by atoms with Gasteiger partial charge in [0.1, 0.15) is 0 Å². The van der Waals surface area contributed by atoms with Gasteiger partial charge >= 0.3 is 0 Å². The number of para-hydroxylation sites is 1. The van der Waals surface area contributed by atoms with Crippen LogP contribution in [-0.4, -0.2) is 10.9 Å². The molecule has 0 saturated heterocycles. The topological polar surface area (TPSA) is 44.9 Å². The predicted molar refractivity (Wildman–Crippen MR) is 86.0 cm³/mol. The summed E-state index contributed by atoms with van der Waals surface area (Å²) in [5.41, 5.74) is 5.78. The van der Waals surface area contributed by atoms with Crippen LogP contribution in [0.4, 0.5) is 5.69 Å². The number of H-pyrrole nitrogens is 1. The van der Waals surface area contributed by atoms with Gasteiger partial charge in [-0.25, -0.2) is 0 Å². The van der Waals surface area contributed by atoms with E-state index in [2.05, 4.69) is 41.5 Å². The van der Waals surface area contributed by atoms with E-state index >= 15 is 0 Å². The van der Waals surface area contributed by atoms with E-state index < -0.39 is 0 Å². The largest absolute Gasteiger partial charge is 0.355 e. The zero-order valence-corrected chi connectivity index (χ0v) is 11.6. The van der Waals surface area contributed by atoms with Gasteiger partial charge in [0.2, 0.25) is 0 Å². The summed E-state index contributed by atoms with van der Waals surface area (Å²) in [6, 6.07) is 16.1. The van der Waals surface area contributed by atoms with Crippen LogP contribution in [0.1, 0.15) is 16.8 Å². The third kappa shape index (κ3) is 1.94. The number of hydrogen-bond donors (Lipinski definition) is 2. The van der Waals surface area contributed by atoms with E-state index in [1.54, 1.807) is 0 Å². The minimum Gasteiger partial charge on any atom is -0.355 e. The Balaban J connectivity index is 1.84. The Kier molecular flexibility index (Phi) is 2.48. The van der Waals surface area contributed by atoms with Crippen LogP contribution in [0.15, 0.2) is 48.5 Å². The summed E-state index contributed by atoms with van der Waals surface area (Å²) in [5, 5.41) is 4.04. The summed E-state index contributed by atoms with van der Waals surface area (Å²) in [7, 11) is 0. The van der Waals surface area contributed by atoms with E-state index in [9.17, 15) is 4.79 Å². The molecule has 0 aliphatic carbocycles. The van der Waals surface area contributed by atoms with Crippen molar-refractivity contribution < 1.29 is 4.79 Å². The highest BCUT2D eigenvalue weighted by molar-refractivity contribution is 6.34. The van der Waals surface area contributed by atoms with Gasteiger partial charge in [0, 0.05) is 27.8 Å². The van der Waals surface area contributed by atoms with Gasteiger partial charge < -0.3 is 10.3 Å². The minimum atomic E-state index is -0.0500. The molecule has 0 bridgehead atoms. The van der Waals surface area contributed by atoms with Crippen LogP contribution in [-0.2, 0) is 4.79 Å². The number of amides is 1. The predicted octanol–water partition coefficient (Wildman–Crippen LogP) is 3.97. The lowest BCUT2D eigenvalue weighted by atomic mass is 10.1. The number of carbonyl (C=O) groups excluding carboxylic acids is 1. The second-order valence-electron chi connectivity index (χ2n) is 5.37. The number of aromatic nitrogens is 1. The van der Waals surface area contributed by atoms with Gasteiger partial charge in [0.25, 0.3) is 5.91 Å². The maximum atomic E-state index is 12.1. The van der Waals surface area contributed by atoms with Gasteiger partial charge in [0.15, 0.2) is 0 Å². The van der Waals surface area contributed by atoms with Crippen LogP contribution in [0.3, 0.4) is 0 Å². The molecule has 1 amide bonds. The lowest BCUT2D eigenvalue weighted by Gasteiger charge is -1.96. The van der Waals surface area contributed by atoms with Crippen LogP contribution >= 0.6 is 0 Å². The summed E-state index contributed by atoms with van der Waals surface area (Å²) >= 11 is 0. The Morgan fingerprint density at radius 3 is 2.81 bits per heavy atom. The fourth-order valence-electron chi connectivity index (χ4n) is 2.78. The third-order valence-corrected chi connectivity index (χ3v) is 3.81. The van der Waals surface area contributed by atoms with Crippen molar-refractivity contribution in [1.29, 1.82) is 0 Å². The van der Waals surface area contributed by atoms with Crippen LogP contribution in [0.2, 0.25) is 0 Å². The second kappa shape index (κ2) is 4.35. The lowest BCUT2D eigenvalue weighted by molar-refractivity contribution is -0.110. The number of anilines is 1. The maximum Gasteiger partial charge on any atom is 0.256 e. The third-order valence-electron chi connectivity index (χ3n) is 3.81. The first-order valence-corrected chi connectivity index (χ1v) is 6.92. The van der Waals surface area contributed by atoms with Crippen molar-refractivity contribution in [3.63, 3.8) is 0 Å². The molecule has 2 heterocycles. The molecule has 3 aromatic rings. The summed E-state index contributed by atoms with van der Waals surface area (Å²) in [6.07, 6.45) is 1.91. The molecule has 1 aliphatic rings. The fourth-order valence-corrected chi connectivity index (χ4v) is 2.78. The normalized spacial score (nSPS) is 15.5. The van der Waals surface area contributed by atoms with Crippen molar-refractivity contribution in [3.8, 4) is 0 Å². The molecule has 0 unspecified atom stereocenters. The van der Waals surface area contributed by atoms with Crippen molar-refractivity contribution in [2.75, 3.05) is 5.32 Å². The molecule has 0 spiro atoms. The Labute approximate surface area is 122 Å². The Hall–Kier alpha value is -2.81. The summed E-state index contributed by atoms with van der Waals surface area (Å²) < 4.78 is 0. The van der Waals surface area contributed by atoms with Gasteiger partial charge in [0.05, 0.1) is 5.57 Å². The molecule has 2 N–H and O–H groups in total. The number of aromatic amines is 1. The first-order chi connectivity index (χ1) is 10.2. The van der Waals surface area contributed by atoms with Gasteiger partial charge in [-0.15, -0.1) is 0 Å². The van der Waals surface area contributed by atoms with Crippen molar-refractivity contribution in [3.05, 3.63) is 65.4 Å². The molecule has 3 nitrogen and oxygen atoms in total. The molecule has 21 heavy (non-hydrogen) atoms. The zero-order valence-electron chi connectivity index (χ0n) is 11.6. The zero-order chi connectivity index (χ0) is 14.4. The number of fused-ring (bicyclic) bond motifs is 2. The molecule has 4 rings (SSSR count).